The summed E-state index contributed by atoms with van der Waals surface area (Å²) in [6.45, 7) is 6.76. The summed E-state index contributed by atoms with van der Waals surface area (Å²) >= 11 is 0. The van der Waals surface area contributed by atoms with Crippen molar-refractivity contribution in [2.24, 2.45) is 11.1 Å². The maximum absolute atomic E-state index is 6.65. The van der Waals surface area contributed by atoms with Gasteiger partial charge in [0.1, 0.15) is 11.3 Å². The van der Waals surface area contributed by atoms with Crippen molar-refractivity contribution in [1.29, 1.82) is 0 Å². The van der Waals surface area contributed by atoms with Crippen LogP contribution >= 0.6 is 0 Å². The van der Waals surface area contributed by atoms with Gasteiger partial charge in [-0.25, -0.2) is 4.98 Å². The fraction of sp³-hybridized carbons (Fsp3) is 0.381. The Kier molecular flexibility index (Phi) is 4.64. The smallest absolute Gasteiger partial charge is 0.247 e. The molecule has 28 heavy (non-hydrogen) atoms. The average molecular weight is 380 g/mol. The first-order valence-corrected chi connectivity index (χ1v) is 9.38. The largest absolute Gasteiger partial charge is 0.438 e. The Morgan fingerprint density at radius 1 is 1.18 bits per heavy atom. The van der Waals surface area contributed by atoms with Crippen molar-refractivity contribution in [2.75, 3.05) is 6.61 Å². The fourth-order valence-electron chi connectivity index (χ4n) is 3.55. The number of aromatic nitrogens is 3. The van der Waals surface area contributed by atoms with Crippen LogP contribution in [0.3, 0.4) is 0 Å². The molecule has 1 fully saturated rings. The summed E-state index contributed by atoms with van der Waals surface area (Å²) in [5.74, 6) is 1.89. The van der Waals surface area contributed by atoms with Crippen LogP contribution in [0.15, 0.2) is 53.2 Å². The highest BCUT2D eigenvalue weighted by Crippen LogP contribution is 2.55. The number of ether oxygens (including phenoxy) is 2. The molecule has 0 bridgehead atoms. The second kappa shape index (κ2) is 7.00. The number of pyridine rings is 1. The second-order valence-electron chi connectivity index (χ2n) is 7.54. The molecule has 2 unspecified atom stereocenters. The first-order valence-electron chi connectivity index (χ1n) is 9.38. The van der Waals surface area contributed by atoms with Crippen LogP contribution in [0.2, 0.25) is 0 Å². The van der Waals surface area contributed by atoms with Crippen molar-refractivity contribution in [3.63, 3.8) is 0 Å². The molecule has 7 heteroatoms. The van der Waals surface area contributed by atoms with E-state index in [2.05, 4.69) is 29.0 Å². The Labute approximate surface area is 163 Å². The van der Waals surface area contributed by atoms with Crippen molar-refractivity contribution in [3.8, 4) is 23.0 Å². The van der Waals surface area contributed by atoms with Crippen molar-refractivity contribution >= 4 is 0 Å². The van der Waals surface area contributed by atoms with Gasteiger partial charge in [-0.3, -0.25) is 0 Å². The Morgan fingerprint density at radius 3 is 2.68 bits per heavy atom. The van der Waals surface area contributed by atoms with Crippen LogP contribution in [0.25, 0.3) is 11.4 Å². The van der Waals surface area contributed by atoms with Crippen LogP contribution in [0, 0.1) is 5.41 Å². The molecule has 0 spiro atoms. The van der Waals surface area contributed by atoms with E-state index in [0.717, 1.165) is 0 Å². The third-order valence-electron chi connectivity index (χ3n) is 5.61. The molecule has 2 heterocycles. The molecule has 1 aliphatic carbocycles. The van der Waals surface area contributed by atoms with E-state index >= 15 is 0 Å². The molecule has 146 valence electrons. The summed E-state index contributed by atoms with van der Waals surface area (Å²) in [6.07, 6.45) is 2.36. The molecule has 0 amide bonds. The molecule has 4 rings (SSSR count). The monoisotopic (exact) mass is 380 g/mol. The predicted octanol–water partition coefficient (Wildman–Crippen LogP) is 3.91. The molecule has 2 aromatic heterocycles. The molecular formula is C21H24N4O3. The summed E-state index contributed by atoms with van der Waals surface area (Å²) in [4.78, 5) is 8.91. The van der Waals surface area contributed by atoms with E-state index in [1.54, 1.807) is 12.3 Å². The normalized spacial score (nSPS) is 23.2. The van der Waals surface area contributed by atoms with Crippen LogP contribution in [-0.2, 0) is 10.3 Å². The average Bonchev–Trinajstić information content (AvgIpc) is 3.19. The van der Waals surface area contributed by atoms with Gasteiger partial charge in [-0.15, -0.1) is 0 Å². The van der Waals surface area contributed by atoms with Gasteiger partial charge in [0, 0.05) is 24.6 Å². The van der Waals surface area contributed by atoms with Crippen molar-refractivity contribution < 1.29 is 14.0 Å². The van der Waals surface area contributed by atoms with Crippen LogP contribution in [0.4, 0.5) is 0 Å². The van der Waals surface area contributed by atoms with Crippen LogP contribution in [0.5, 0.6) is 11.6 Å². The topological polar surface area (TPSA) is 96.3 Å². The SMILES string of the molecule is CCOC1CC(N)(c2nc(-c3cccnc3Oc3ccccc3)no2)C1(C)C. The van der Waals surface area contributed by atoms with Crippen LogP contribution in [0.1, 0.15) is 33.1 Å². The number of nitrogens with two attached hydrogens (primary N) is 1. The molecule has 0 aliphatic heterocycles. The number of nitrogens with zero attached hydrogens (tertiary/aromatic N) is 3. The summed E-state index contributed by atoms with van der Waals surface area (Å²) in [5.41, 5.74) is 6.24. The van der Waals surface area contributed by atoms with Gasteiger partial charge in [-0.2, -0.15) is 4.98 Å². The van der Waals surface area contributed by atoms with E-state index in [1.165, 1.54) is 0 Å². The van der Waals surface area contributed by atoms with Gasteiger partial charge in [0.2, 0.25) is 17.6 Å². The van der Waals surface area contributed by atoms with E-state index in [4.69, 9.17) is 19.7 Å². The third kappa shape index (κ3) is 2.96. The maximum Gasteiger partial charge on any atom is 0.247 e. The molecule has 2 atom stereocenters. The number of hydrogen-bond acceptors (Lipinski definition) is 7. The molecular weight excluding hydrogens is 356 g/mol. The summed E-state index contributed by atoms with van der Waals surface area (Å²) < 4.78 is 17.3. The Hall–Kier alpha value is -2.77. The van der Waals surface area contributed by atoms with E-state index in [-0.39, 0.29) is 11.5 Å². The Bertz CT molecular complexity index is 957. The molecule has 1 saturated carbocycles. The summed E-state index contributed by atoms with van der Waals surface area (Å²) in [5, 5.41) is 4.15. The molecule has 2 N–H and O–H groups in total. The lowest BCUT2D eigenvalue weighted by Crippen LogP contribution is -2.67. The van der Waals surface area contributed by atoms with Crippen molar-refractivity contribution in [2.45, 2.75) is 38.8 Å². The van der Waals surface area contributed by atoms with Gasteiger partial charge in [0.15, 0.2) is 0 Å². The Morgan fingerprint density at radius 2 is 1.96 bits per heavy atom. The van der Waals surface area contributed by atoms with Gasteiger partial charge >= 0.3 is 0 Å². The van der Waals surface area contributed by atoms with Gasteiger partial charge in [-0.1, -0.05) is 37.2 Å². The third-order valence-corrected chi connectivity index (χ3v) is 5.61. The minimum Gasteiger partial charge on any atom is -0.438 e. The van der Waals surface area contributed by atoms with Crippen LogP contribution in [-0.4, -0.2) is 27.8 Å². The van der Waals surface area contributed by atoms with Gasteiger partial charge in [0.25, 0.3) is 0 Å². The van der Waals surface area contributed by atoms with Crippen molar-refractivity contribution in [1.82, 2.24) is 15.1 Å². The zero-order chi connectivity index (χ0) is 19.8. The van der Waals surface area contributed by atoms with Gasteiger partial charge < -0.3 is 19.7 Å². The van der Waals surface area contributed by atoms with E-state index in [9.17, 15) is 0 Å². The van der Waals surface area contributed by atoms with Crippen LogP contribution < -0.4 is 10.5 Å². The van der Waals surface area contributed by atoms with Crippen molar-refractivity contribution in [3.05, 3.63) is 54.6 Å². The first-order chi connectivity index (χ1) is 13.5. The van der Waals surface area contributed by atoms with Gasteiger partial charge in [0.05, 0.1) is 11.7 Å². The minimum absolute atomic E-state index is 0.0632. The molecule has 1 aliphatic rings. The zero-order valence-electron chi connectivity index (χ0n) is 16.3. The van der Waals surface area contributed by atoms with E-state index < -0.39 is 5.54 Å². The maximum atomic E-state index is 6.65. The Balaban J connectivity index is 1.62. The first kappa shape index (κ1) is 18.6. The molecule has 3 aromatic rings. The van der Waals surface area contributed by atoms with Gasteiger partial charge in [-0.05, 0) is 31.2 Å². The number of hydrogen-bond donors (Lipinski definition) is 1. The summed E-state index contributed by atoms with van der Waals surface area (Å²) in [6, 6.07) is 13.1. The lowest BCUT2D eigenvalue weighted by molar-refractivity contribution is -0.162. The predicted molar refractivity (Wildman–Crippen MR) is 104 cm³/mol. The number of benzene rings is 1. The highest BCUT2D eigenvalue weighted by molar-refractivity contribution is 5.61. The number of para-hydroxylation sites is 1. The molecule has 0 radical (unpaired) electrons. The molecule has 0 saturated heterocycles. The van der Waals surface area contributed by atoms with E-state index in [0.29, 0.717) is 41.9 Å². The molecule has 7 nitrogen and oxygen atoms in total. The minimum atomic E-state index is -0.735. The standard InChI is InChI=1S/C21H24N4O3/c1-4-26-16-13-21(22,20(16,2)3)19-24-17(25-28-19)15-11-8-12-23-18(15)27-14-9-6-5-7-10-14/h5-12,16H,4,13,22H2,1-3H3. The summed E-state index contributed by atoms with van der Waals surface area (Å²) in [7, 11) is 0. The molecule has 1 aromatic carbocycles. The fourth-order valence-corrected chi connectivity index (χ4v) is 3.55. The number of rotatable bonds is 6. The lowest BCUT2D eigenvalue weighted by atomic mass is 9.54. The highest BCUT2D eigenvalue weighted by atomic mass is 16.5. The van der Waals surface area contributed by atoms with E-state index in [1.807, 2.05) is 43.3 Å². The zero-order valence-corrected chi connectivity index (χ0v) is 16.3. The lowest BCUT2D eigenvalue weighted by Gasteiger charge is -2.56. The quantitative estimate of drug-likeness (QED) is 0.692. The second-order valence-corrected chi connectivity index (χ2v) is 7.54. The highest BCUT2D eigenvalue weighted by Gasteiger charge is 2.62.